The molecule has 1 aromatic carbocycles. The van der Waals surface area contributed by atoms with E-state index in [9.17, 15) is 4.79 Å². The lowest BCUT2D eigenvalue weighted by Crippen LogP contribution is -2.39. The number of pyridine rings is 1. The van der Waals surface area contributed by atoms with E-state index in [0.717, 1.165) is 23.7 Å². The number of halogens is 3. The molecule has 1 aromatic heterocycles. The summed E-state index contributed by atoms with van der Waals surface area (Å²) in [6.07, 6.45) is 2.02. The summed E-state index contributed by atoms with van der Waals surface area (Å²) >= 11 is 7.67. The molecule has 1 atom stereocenters. The van der Waals surface area contributed by atoms with Gasteiger partial charge in [0, 0.05) is 48.5 Å². The van der Waals surface area contributed by atoms with E-state index in [4.69, 9.17) is 16.3 Å². The number of carbonyl (C=O) groups excluding carboxylic acids is 1. The fourth-order valence-corrected chi connectivity index (χ4v) is 3.40. The summed E-state index contributed by atoms with van der Waals surface area (Å²) in [5, 5.41) is 6.83. The van der Waals surface area contributed by atoms with E-state index in [1.807, 2.05) is 23.9 Å². The highest BCUT2D eigenvalue weighted by atomic mass is 35.5. The third-order valence-corrected chi connectivity index (χ3v) is 4.85. The van der Waals surface area contributed by atoms with Gasteiger partial charge in [0.2, 0.25) is 11.8 Å². The zero-order valence-corrected chi connectivity index (χ0v) is 17.0. The fourth-order valence-electron chi connectivity index (χ4n) is 2.34. The maximum atomic E-state index is 12.1. The first-order valence-corrected chi connectivity index (χ1v) is 9.23. The second-order valence-electron chi connectivity index (χ2n) is 5.42. The molecule has 2 N–H and O–H groups in total. The Labute approximate surface area is 174 Å². The number of rotatable bonds is 5. The number of nitrogens with one attached hydrogen (secondary N) is 2. The number of hydrogen-bond acceptors (Lipinski definition) is 5. The SMILES string of the molecule is Cl.Cl.O=C(CC1CSCCN1)Nc1ccc(Oc2ccc(Cl)cn2)cc1. The average molecular weight is 437 g/mol. The van der Waals surface area contributed by atoms with Crippen LogP contribution in [-0.2, 0) is 4.79 Å². The highest BCUT2D eigenvalue weighted by molar-refractivity contribution is 7.99. The predicted octanol–water partition coefficient (Wildman–Crippen LogP) is 4.40. The number of aromatic nitrogens is 1. The first-order chi connectivity index (χ1) is 11.7. The van der Waals surface area contributed by atoms with Crippen molar-refractivity contribution in [1.29, 1.82) is 0 Å². The predicted molar refractivity (Wildman–Crippen MR) is 113 cm³/mol. The van der Waals surface area contributed by atoms with E-state index in [0.29, 0.717) is 23.1 Å². The smallest absolute Gasteiger partial charge is 0.225 e. The summed E-state index contributed by atoms with van der Waals surface area (Å²) in [6.45, 7) is 0.966. The van der Waals surface area contributed by atoms with Crippen LogP contribution in [0.3, 0.4) is 0 Å². The van der Waals surface area contributed by atoms with Gasteiger partial charge in [-0.2, -0.15) is 11.8 Å². The Balaban J connectivity index is 0.00000169. The second kappa shape index (κ2) is 11.5. The largest absolute Gasteiger partial charge is 0.439 e. The zero-order chi connectivity index (χ0) is 16.8. The van der Waals surface area contributed by atoms with Crippen molar-refractivity contribution in [3.05, 3.63) is 47.6 Å². The molecule has 1 aliphatic rings. The Morgan fingerprint density at radius 2 is 2.04 bits per heavy atom. The topological polar surface area (TPSA) is 63.2 Å². The van der Waals surface area contributed by atoms with Crippen molar-refractivity contribution in [2.24, 2.45) is 0 Å². The minimum absolute atomic E-state index is 0. The Hall–Kier alpha value is -1.18. The molecular formula is C17H20Cl3N3O2S. The van der Waals surface area contributed by atoms with Crippen LogP contribution in [-0.4, -0.2) is 35.0 Å². The van der Waals surface area contributed by atoms with Crippen LogP contribution in [0.4, 0.5) is 5.69 Å². The van der Waals surface area contributed by atoms with Crippen LogP contribution in [0.2, 0.25) is 5.02 Å². The van der Waals surface area contributed by atoms with Crippen molar-refractivity contribution >= 4 is 59.8 Å². The number of carbonyl (C=O) groups is 1. The van der Waals surface area contributed by atoms with Crippen molar-refractivity contribution in [3.63, 3.8) is 0 Å². The molecule has 5 nitrogen and oxygen atoms in total. The van der Waals surface area contributed by atoms with Crippen molar-refractivity contribution in [2.45, 2.75) is 12.5 Å². The van der Waals surface area contributed by atoms with Gasteiger partial charge in [-0.1, -0.05) is 11.6 Å². The van der Waals surface area contributed by atoms with E-state index in [2.05, 4.69) is 15.6 Å². The van der Waals surface area contributed by atoms with Gasteiger partial charge in [0.25, 0.3) is 0 Å². The molecule has 0 radical (unpaired) electrons. The van der Waals surface area contributed by atoms with Gasteiger partial charge in [0.05, 0.1) is 5.02 Å². The molecule has 0 aliphatic carbocycles. The van der Waals surface area contributed by atoms with Crippen LogP contribution in [0, 0.1) is 0 Å². The molecule has 3 rings (SSSR count). The van der Waals surface area contributed by atoms with Crippen molar-refractivity contribution in [1.82, 2.24) is 10.3 Å². The third-order valence-electron chi connectivity index (χ3n) is 3.49. The van der Waals surface area contributed by atoms with E-state index < -0.39 is 0 Å². The molecule has 0 saturated carbocycles. The summed E-state index contributed by atoms with van der Waals surface area (Å²) in [4.78, 5) is 16.2. The molecule has 0 bridgehead atoms. The molecule has 142 valence electrons. The van der Waals surface area contributed by atoms with Crippen LogP contribution in [0.5, 0.6) is 11.6 Å². The van der Waals surface area contributed by atoms with Crippen molar-refractivity contribution in [3.8, 4) is 11.6 Å². The first-order valence-electron chi connectivity index (χ1n) is 7.69. The number of thioether (sulfide) groups is 1. The number of anilines is 1. The summed E-state index contributed by atoms with van der Waals surface area (Å²) in [5.74, 6) is 3.23. The van der Waals surface area contributed by atoms with Crippen LogP contribution < -0.4 is 15.4 Å². The molecule has 1 amide bonds. The summed E-state index contributed by atoms with van der Waals surface area (Å²) < 4.78 is 5.62. The lowest BCUT2D eigenvalue weighted by atomic mass is 10.2. The van der Waals surface area contributed by atoms with Gasteiger partial charge in [0.15, 0.2) is 0 Å². The average Bonchev–Trinajstić information content (AvgIpc) is 2.59. The standard InChI is InChI=1S/C17H18ClN3O2S.2ClH/c18-12-1-6-17(20-10-12)23-15-4-2-13(3-5-15)21-16(22)9-14-11-24-8-7-19-14;;/h1-6,10,14,19H,7-9,11H2,(H,21,22);2*1H. The monoisotopic (exact) mass is 435 g/mol. The van der Waals surface area contributed by atoms with Gasteiger partial charge in [-0.3, -0.25) is 4.79 Å². The number of amides is 1. The second-order valence-corrected chi connectivity index (χ2v) is 7.01. The maximum Gasteiger partial charge on any atom is 0.225 e. The van der Waals surface area contributed by atoms with Crippen LogP contribution in [0.1, 0.15) is 6.42 Å². The third kappa shape index (κ3) is 7.21. The van der Waals surface area contributed by atoms with Gasteiger partial charge >= 0.3 is 0 Å². The van der Waals surface area contributed by atoms with Crippen molar-refractivity contribution < 1.29 is 9.53 Å². The zero-order valence-electron chi connectivity index (χ0n) is 13.8. The molecule has 2 aromatic rings. The molecule has 1 saturated heterocycles. The molecule has 1 fully saturated rings. The number of ether oxygens (including phenoxy) is 1. The molecule has 1 aliphatic heterocycles. The van der Waals surface area contributed by atoms with Gasteiger partial charge in [-0.15, -0.1) is 24.8 Å². The highest BCUT2D eigenvalue weighted by Gasteiger charge is 2.16. The first kappa shape index (κ1) is 22.9. The molecule has 2 heterocycles. The van der Waals surface area contributed by atoms with E-state index in [1.54, 1.807) is 24.3 Å². The van der Waals surface area contributed by atoms with Crippen LogP contribution in [0.15, 0.2) is 42.6 Å². The molecular weight excluding hydrogens is 417 g/mol. The lowest BCUT2D eigenvalue weighted by Gasteiger charge is -2.22. The maximum absolute atomic E-state index is 12.1. The summed E-state index contributed by atoms with van der Waals surface area (Å²) in [5.41, 5.74) is 0.750. The quantitative estimate of drug-likeness (QED) is 0.727. The van der Waals surface area contributed by atoms with E-state index in [-0.39, 0.29) is 36.8 Å². The normalized spacial score (nSPS) is 16.0. The molecule has 0 spiro atoms. The van der Waals surface area contributed by atoms with Crippen molar-refractivity contribution in [2.75, 3.05) is 23.4 Å². The highest BCUT2D eigenvalue weighted by Crippen LogP contribution is 2.22. The van der Waals surface area contributed by atoms with Crippen LogP contribution >= 0.6 is 48.2 Å². The molecule has 26 heavy (non-hydrogen) atoms. The Morgan fingerprint density at radius 3 is 2.65 bits per heavy atom. The summed E-state index contributed by atoms with van der Waals surface area (Å²) in [7, 11) is 0. The number of nitrogens with zero attached hydrogens (tertiary/aromatic N) is 1. The molecule has 9 heteroatoms. The van der Waals surface area contributed by atoms with Gasteiger partial charge in [0.1, 0.15) is 5.75 Å². The van der Waals surface area contributed by atoms with Gasteiger partial charge in [-0.05, 0) is 30.3 Å². The Morgan fingerprint density at radius 1 is 1.27 bits per heavy atom. The van der Waals surface area contributed by atoms with Gasteiger partial charge < -0.3 is 15.4 Å². The number of hydrogen-bond donors (Lipinski definition) is 2. The van der Waals surface area contributed by atoms with E-state index in [1.165, 1.54) is 6.20 Å². The fraction of sp³-hybridized carbons (Fsp3) is 0.294. The Kier molecular flexibility index (Phi) is 10.1. The van der Waals surface area contributed by atoms with Crippen LogP contribution in [0.25, 0.3) is 0 Å². The van der Waals surface area contributed by atoms with Gasteiger partial charge in [-0.25, -0.2) is 4.98 Å². The molecule has 1 unspecified atom stereocenters. The summed E-state index contributed by atoms with van der Waals surface area (Å²) in [6, 6.07) is 10.9. The Bertz CT molecular complexity index is 681. The van der Waals surface area contributed by atoms with E-state index >= 15 is 0 Å². The minimum atomic E-state index is 0. The number of benzene rings is 1. The minimum Gasteiger partial charge on any atom is -0.439 e. The lowest BCUT2D eigenvalue weighted by molar-refractivity contribution is -0.116.